The maximum atomic E-state index is 12.9. The Hall–Kier alpha value is -4.25. The minimum atomic E-state index is -1.37. The molecule has 0 aliphatic carbocycles. The topological polar surface area (TPSA) is 194 Å². The Morgan fingerprint density at radius 3 is 2.86 bits per heavy atom. The van der Waals surface area contributed by atoms with Crippen LogP contribution in [0.5, 0.6) is 0 Å². The standard InChI is InChI=1S/C19H17N7O8S2/c1-33-24-11(10-6-36-18(22-10)21-8-27)14(28)23-12-15(29)26-13(17(30)31)9(5-35-16(12)26)4-34-19(32)25-3-2-20-7-25/h2-3,6-8,12,16H,4-5H2,1H3,(H,23,28)(H,30,31)(H,21,22,27)/t12?,16-/m0/s1. The zero-order valence-corrected chi connectivity index (χ0v) is 19.9. The molecular weight excluding hydrogens is 518 g/mol. The first-order valence-electron chi connectivity index (χ1n) is 9.98. The van der Waals surface area contributed by atoms with Crippen molar-refractivity contribution in [1.29, 1.82) is 0 Å². The molecule has 2 atom stereocenters. The summed E-state index contributed by atoms with van der Waals surface area (Å²) in [5.41, 5.74) is -0.199. The van der Waals surface area contributed by atoms with Crippen molar-refractivity contribution < 1.29 is 38.7 Å². The van der Waals surface area contributed by atoms with Crippen molar-refractivity contribution in [2.45, 2.75) is 11.4 Å². The van der Waals surface area contributed by atoms with E-state index < -0.39 is 35.3 Å². The van der Waals surface area contributed by atoms with Gasteiger partial charge in [-0.15, -0.1) is 23.1 Å². The number of carbonyl (C=O) groups excluding carboxylic acids is 4. The molecule has 1 fully saturated rings. The van der Waals surface area contributed by atoms with Crippen LogP contribution in [0.15, 0.2) is 40.5 Å². The van der Waals surface area contributed by atoms with Crippen LogP contribution in [0, 0.1) is 0 Å². The second kappa shape index (κ2) is 10.6. The van der Waals surface area contributed by atoms with Gasteiger partial charge < -0.3 is 25.3 Å². The summed E-state index contributed by atoms with van der Waals surface area (Å²) >= 11 is 2.25. The number of fused-ring (bicyclic) bond motifs is 1. The second-order valence-corrected chi connectivity index (χ2v) is 9.03. The van der Waals surface area contributed by atoms with Gasteiger partial charge in [0.15, 0.2) is 10.8 Å². The third-order valence-electron chi connectivity index (χ3n) is 4.95. The molecule has 188 valence electrons. The number of thiazole rings is 1. The van der Waals surface area contributed by atoms with Gasteiger partial charge in [0, 0.05) is 29.1 Å². The monoisotopic (exact) mass is 535 g/mol. The number of nitrogens with one attached hydrogen (secondary N) is 2. The third-order valence-corrected chi connectivity index (χ3v) is 7.06. The van der Waals surface area contributed by atoms with Gasteiger partial charge in [0.25, 0.3) is 11.8 Å². The number of aliphatic carboxylic acids is 1. The highest BCUT2D eigenvalue weighted by atomic mass is 32.2. The lowest BCUT2D eigenvalue weighted by atomic mass is 10.0. The van der Waals surface area contributed by atoms with Crippen LogP contribution in [-0.2, 0) is 28.8 Å². The number of carbonyl (C=O) groups is 5. The Kier molecular flexibility index (Phi) is 7.30. The lowest BCUT2D eigenvalue weighted by Gasteiger charge is -2.49. The number of carboxylic acid groups (broad SMARTS) is 1. The number of thioether (sulfide) groups is 1. The normalized spacial score (nSPS) is 19.2. The van der Waals surface area contributed by atoms with Crippen molar-refractivity contribution in [3.8, 4) is 0 Å². The summed E-state index contributed by atoms with van der Waals surface area (Å²) in [6.45, 7) is -0.342. The molecule has 0 aromatic carbocycles. The zero-order chi connectivity index (χ0) is 25.8. The number of carboxylic acids is 1. The molecule has 0 bridgehead atoms. The second-order valence-electron chi connectivity index (χ2n) is 7.07. The van der Waals surface area contributed by atoms with Crippen LogP contribution in [0.2, 0.25) is 0 Å². The van der Waals surface area contributed by atoms with Crippen LogP contribution in [-0.4, -0.2) is 91.4 Å². The Morgan fingerprint density at radius 2 is 2.19 bits per heavy atom. The molecule has 0 saturated carbocycles. The Labute approximate surface area is 210 Å². The SMILES string of the molecule is CON=C(C(=O)NC1C(=O)N2C(C(=O)O)=C(COC(=O)n3ccnc3)CS[C@@H]12)c1csc(NC=O)n1. The molecule has 4 rings (SSSR count). The van der Waals surface area contributed by atoms with E-state index in [4.69, 9.17) is 9.57 Å². The predicted octanol–water partition coefficient (Wildman–Crippen LogP) is -0.318. The van der Waals surface area contributed by atoms with E-state index in [0.717, 1.165) is 20.8 Å². The van der Waals surface area contributed by atoms with Crippen LogP contribution in [0.1, 0.15) is 5.69 Å². The van der Waals surface area contributed by atoms with Gasteiger partial charge in [-0.05, 0) is 0 Å². The van der Waals surface area contributed by atoms with Gasteiger partial charge in [0.05, 0.1) is 0 Å². The molecule has 1 unspecified atom stereocenters. The van der Waals surface area contributed by atoms with E-state index in [1.807, 2.05) is 0 Å². The van der Waals surface area contributed by atoms with Gasteiger partial charge in [0.2, 0.25) is 6.41 Å². The number of nitrogens with zero attached hydrogens (tertiary/aromatic N) is 5. The Bertz CT molecular complexity index is 1270. The maximum absolute atomic E-state index is 12.9. The number of ether oxygens (including phenoxy) is 1. The smallest absolute Gasteiger partial charge is 0.419 e. The van der Waals surface area contributed by atoms with Crippen LogP contribution < -0.4 is 10.6 Å². The van der Waals surface area contributed by atoms with E-state index in [2.05, 4.69) is 25.8 Å². The highest BCUT2D eigenvalue weighted by molar-refractivity contribution is 8.00. The van der Waals surface area contributed by atoms with Gasteiger partial charge in [-0.3, -0.25) is 19.3 Å². The van der Waals surface area contributed by atoms with E-state index in [1.165, 1.54) is 43.0 Å². The Balaban J connectivity index is 1.47. The molecule has 1 saturated heterocycles. The van der Waals surface area contributed by atoms with Crippen molar-refractivity contribution in [1.82, 2.24) is 24.8 Å². The third kappa shape index (κ3) is 4.78. The predicted molar refractivity (Wildman–Crippen MR) is 124 cm³/mol. The lowest BCUT2D eigenvalue weighted by Crippen LogP contribution is -2.71. The number of rotatable bonds is 9. The lowest BCUT2D eigenvalue weighted by molar-refractivity contribution is -0.150. The summed E-state index contributed by atoms with van der Waals surface area (Å²) in [6.07, 6.45) is 3.67. The first kappa shape index (κ1) is 24.9. The van der Waals surface area contributed by atoms with E-state index in [1.54, 1.807) is 0 Å². The molecule has 0 radical (unpaired) electrons. The van der Waals surface area contributed by atoms with E-state index in [0.29, 0.717) is 6.41 Å². The summed E-state index contributed by atoms with van der Waals surface area (Å²) in [7, 11) is 1.22. The van der Waals surface area contributed by atoms with Gasteiger partial charge in [-0.25, -0.2) is 24.1 Å². The molecule has 17 heteroatoms. The summed E-state index contributed by atoms with van der Waals surface area (Å²) in [5.74, 6) is -2.66. The minimum absolute atomic E-state index is 0.108. The molecular formula is C19H17N7O8S2. The number of anilines is 1. The summed E-state index contributed by atoms with van der Waals surface area (Å²) in [5, 5.41) is 19.3. The fourth-order valence-corrected chi connectivity index (χ4v) is 5.37. The van der Waals surface area contributed by atoms with Crippen molar-refractivity contribution in [2.24, 2.45) is 5.16 Å². The highest BCUT2D eigenvalue weighted by Gasteiger charge is 2.54. The van der Waals surface area contributed by atoms with Crippen molar-refractivity contribution >= 4 is 64.2 Å². The van der Waals surface area contributed by atoms with Crippen molar-refractivity contribution in [3.05, 3.63) is 41.1 Å². The van der Waals surface area contributed by atoms with Crippen molar-refractivity contribution in [3.63, 3.8) is 0 Å². The molecule has 3 N–H and O–H groups in total. The molecule has 2 aliphatic heterocycles. The minimum Gasteiger partial charge on any atom is -0.477 e. The summed E-state index contributed by atoms with van der Waals surface area (Å²) in [4.78, 5) is 73.9. The van der Waals surface area contributed by atoms with Gasteiger partial charge in [0.1, 0.15) is 42.9 Å². The zero-order valence-electron chi connectivity index (χ0n) is 18.3. The van der Waals surface area contributed by atoms with Gasteiger partial charge >= 0.3 is 12.1 Å². The van der Waals surface area contributed by atoms with Crippen LogP contribution in [0.3, 0.4) is 0 Å². The Morgan fingerprint density at radius 1 is 1.39 bits per heavy atom. The molecule has 2 aromatic rings. The molecule has 0 spiro atoms. The van der Waals surface area contributed by atoms with Gasteiger partial charge in [-0.2, -0.15) is 0 Å². The number of β-lactam (4-membered cyclic amide) rings is 1. The van der Waals surface area contributed by atoms with Crippen LogP contribution in [0.25, 0.3) is 0 Å². The molecule has 15 nitrogen and oxygen atoms in total. The summed E-state index contributed by atoms with van der Waals surface area (Å²) < 4.78 is 6.23. The maximum Gasteiger partial charge on any atom is 0.419 e. The van der Waals surface area contributed by atoms with Gasteiger partial charge in [-0.1, -0.05) is 5.16 Å². The number of oxime groups is 1. The number of hydrogen-bond acceptors (Lipinski definition) is 12. The average molecular weight is 536 g/mol. The van der Waals surface area contributed by atoms with Crippen molar-refractivity contribution in [2.75, 3.05) is 24.8 Å². The van der Waals surface area contributed by atoms with E-state index >= 15 is 0 Å². The number of imidazole rings is 1. The number of aromatic nitrogens is 3. The average Bonchev–Trinajstić information content (AvgIpc) is 3.56. The molecule has 4 heterocycles. The summed E-state index contributed by atoms with van der Waals surface area (Å²) in [6, 6.07) is -1.04. The molecule has 2 aromatic heterocycles. The fourth-order valence-electron chi connectivity index (χ4n) is 3.39. The van der Waals surface area contributed by atoms with Crippen LogP contribution >= 0.6 is 23.1 Å². The van der Waals surface area contributed by atoms with E-state index in [9.17, 15) is 29.1 Å². The molecule has 36 heavy (non-hydrogen) atoms. The molecule has 3 amide bonds. The fraction of sp³-hybridized carbons (Fsp3) is 0.263. The van der Waals surface area contributed by atoms with Crippen LogP contribution in [0.4, 0.5) is 9.93 Å². The number of amides is 3. The largest absolute Gasteiger partial charge is 0.477 e. The number of hydrogen-bond donors (Lipinski definition) is 3. The highest BCUT2D eigenvalue weighted by Crippen LogP contribution is 2.40. The molecule has 2 aliphatic rings. The quantitative estimate of drug-likeness (QED) is 0.165. The first-order valence-corrected chi connectivity index (χ1v) is 11.9. The van der Waals surface area contributed by atoms with E-state index in [-0.39, 0.29) is 40.2 Å². The first-order chi connectivity index (χ1) is 17.3.